The molecule has 1 fully saturated rings. The molecule has 2 amide bonds. The molecule has 6 heteroatoms. The molecule has 2 aliphatic rings. The number of carbonyl (C=O) groups excluding carboxylic acids is 2. The van der Waals surface area contributed by atoms with Crippen molar-refractivity contribution in [1.29, 1.82) is 0 Å². The fourth-order valence-electron chi connectivity index (χ4n) is 3.62. The molecule has 3 rings (SSSR count). The summed E-state index contributed by atoms with van der Waals surface area (Å²) in [6, 6.07) is 6.80. The van der Waals surface area contributed by atoms with E-state index in [1.165, 1.54) is 6.92 Å². The number of rotatable bonds is 4. The number of nitrogens with one attached hydrogen (secondary N) is 2. The minimum absolute atomic E-state index is 0.0142. The summed E-state index contributed by atoms with van der Waals surface area (Å²) in [5, 5.41) is 14.8. The Kier molecular flexibility index (Phi) is 3.90. The van der Waals surface area contributed by atoms with Crippen LogP contribution in [0.25, 0.3) is 0 Å². The predicted octanol–water partition coefficient (Wildman–Crippen LogP) is 2.11. The normalized spacial score (nSPS) is 27.7. The van der Waals surface area contributed by atoms with E-state index >= 15 is 0 Å². The Bertz CT molecular complexity index is 698. The molecule has 4 atom stereocenters. The average Bonchev–Trinajstić information content (AvgIpc) is 3.07. The van der Waals surface area contributed by atoms with Crippen LogP contribution >= 0.6 is 0 Å². The zero-order chi connectivity index (χ0) is 16.6. The number of hydrogen-bond donors (Lipinski definition) is 3. The van der Waals surface area contributed by atoms with Crippen LogP contribution in [0.4, 0.5) is 11.4 Å². The predicted molar refractivity (Wildman–Crippen MR) is 84.7 cm³/mol. The van der Waals surface area contributed by atoms with Crippen LogP contribution < -0.4 is 10.6 Å². The van der Waals surface area contributed by atoms with Crippen LogP contribution in [0.3, 0.4) is 0 Å². The Morgan fingerprint density at radius 3 is 2.26 bits per heavy atom. The van der Waals surface area contributed by atoms with E-state index in [1.54, 1.807) is 24.3 Å². The van der Waals surface area contributed by atoms with Gasteiger partial charge in [0.05, 0.1) is 11.8 Å². The Morgan fingerprint density at radius 1 is 1.04 bits per heavy atom. The lowest BCUT2D eigenvalue weighted by atomic mass is 9.82. The van der Waals surface area contributed by atoms with Gasteiger partial charge in [0, 0.05) is 18.3 Å². The van der Waals surface area contributed by atoms with Crippen LogP contribution in [0.15, 0.2) is 36.4 Å². The van der Waals surface area contributed by atoms with Gasteiger partial charge in [0.15, 0.2) is 0 Å². The summed E-state index contributed by atoms with van der Waals surface area (Å²) in [4.78, 5) is 35.1. The van der Waals surface area contributed by atoms with E-state index in [2.05, 4.69) is 10.6 Å². The summed E-state index contributed by atoms with van der Waals surface area (Å²) in [5.74, 6) is -2.69. The number of carboxylic acids is 1. The van der Waals surface area contributed by atoms with Gasteiger partial charge in [0.2, 0.25) is 11.8 Å². The summed E-state index contributed by atoms with van der Waals surface area (Å²) in [6.07, 6.45) is 4.58. The lowest BCUT2D eigenvalue weighted by Crippen LogP contribution is -2.36. The van der Waals surface area contributed by atoms with Crippen LogP contribution in [0.2, 0.25) is 0 Å². The van der Waals surface area contributed by atoms with E-state index in [1.807, 2.05) is 12.2 Å². The zero-order valence-electron chi connectivity index (χ0n) is 12.7. The maximum absolute atomic E-state index is 12.6. The lowest BCUT2D eigenvalue weighted by molar-refractivity contribution is -0.146. The molecule has 0 radical (unpaired) electrons. The second kappa shape index (κ2) is 5.87. The van der Waals surface area contributed by atoms with Crippen molar-refractivity contribution in [3.63, 3.8) is 0 Å². The first-order valence-electron chi connectivity index (χ1n) is 7.55. The highest BCUT2D eigenvalue weighted by molar-refractivity contribution is 5.97. The fraction of sp³-hybridized carbons (Fsp3) is 0.353. The number of carbonyl (C=O) groups is 3. The molecular weight excluding hydrogens is 296 g/mol. The van der Waals surface area contributed by atoms with Crippen molar-refractivity contribution in [2.75, 3.05) is 10.6 Å². The maximum Gasteiger partial charge on any atom is 0.307 e. The first-order chi connectivity index (χ1) is 11.0. The third-order valence-electron chi connectivity index (χ3n) is 4.50. The molecule has 0 saturated heterocycles. The monoisotopic (exact) mass is 314 g/mol. The second-order valence-electron chi connectivity index (χ2n) is 6.09. The summed E-state index contributed by atoms with van der Waals surface area (Å²) in [6.45, 7) is 1.41. The number of allylic oxidation sites excluding steroid dienone is 2. The standard InChI is InChI=1S/C17H18N2O4/c1-9(20)18-12-3-2-4-13(8-12)19-16(21)14-10-5-6-11(7-10)15(14)17(22)23/h2-6,8,10-11,14-15H,7H2,1H3,(H,18,20)(H,19,21)(H,22,23)/t10-,11-,14-,15-/m0/s1. The average molecular weight is 314 g/mol. The van der Waals surface area contributed by atoms with Crippen molar-refractivity contribution in [2.24, 2.45) is 23.7 Å². The van der Waals surface area contributed by atoms with E-state index in [0.717, 1.165) is 6.42 Å². The third kappa shape index (κ3) is 2.97. The number of hydrogen-bond acceptors (Lipinski definition) is 3. The molecule has 1 saturated carbocycles. The maximum atomic E-state index is 12.6. The molecule has 1 aromatic carbocycles. The van der Waals surface area contributed by atoms with Gasteiger partial charge in [-0.3, -0.25) is 14.4 Å². The SMILES string of the molecule is CC(=O)Nc1cccc(NC(=O)[C@@H]2[C@@H](C(=O)O)[C@H]3C=C[C@H]2C3)c1. The van der Waals surface area contributed by atoms with Crippen LogP contribution in [0.1, 0.15) is 13.3 Å². The first-order valence-corrected chi connectivity index (χ1v) is 7.55. The van der Waals surface area contributed by atoms with Crippen LogP contribution in [0.5, 0.6) is 0 Å². The lowest BCUT2D eigenvalue weighted by Gasteiger charge is -2.24. The van der Waals surface area contributed by atoms with E-state index in [-0.39, 0.29) is 23.7 Å². The Labute approximate surface area is 133 Å². The summed E-state index contributed by atoms with van der Waals surface area (Å²) >= 11 is 0. The molecule has 6 nitrogen and oxygen atoms in total. The van der Waals surface area contributed by atoms with Crippen LogP contribution in [-0.4, -0.2) is 22.9 Å². The van der Waals surface area contributed by atoms with Crippen molar-refractivity contribution in [3.8, 4) is 0 Å². The summed E-state index contributed by atoms with van der Waals surface area (Å²) < 4.78 is 0. The molecule has 0 aliphatic heterocycles. The third-order valence-corrected chi connectivity index (χ3v) is 4.50. The van der Waals surface area contributed by atoms with Gasteiger partial charge in [0.25, 0.3) is 0 Å². The van der Waals surface area contributed by atoms with Crippen LogP contribution in [0, 0.1) is 23.7 Å². The molecule has 120 valence electrons. The number of benzene rings is 1. The molecule has 2 bridgehead atoms. The minimum Gasteiger partial charge on any atom is -0.481 e. The number of carboxylic acid groups (broad SMARTS) is 1. The number of aliphatic carboxylic acids is 1. The van der Waals surface area contributed by atoms with Gasteiger partial charge in [0.1, 0.15) is 0 Å². The summed E-state index contributed by atoms with van der Waals surface area (Å²) in [5.41, 5.74) is 1.12. The number of fused-ring (bicyclic) bond motifs is 2. The highest BCUT2D eigenvalue weighted by Crippen LogP contribution is 2.48. The van der Waals surface area contributed by atoms with Gasteiger partial charge in [-0.05, 0) is 36.5 Å². The molecule has 1 aromatic rings. The topological polar surface area (TPSA) is 95.5 Å². The number of amides is 2. The minimum atomic E-state index is -0.922. The largest absolute Gasteiger partial charge is 0.481 e. The molecule has 3 N–H and O–H groups in total. The zero-order valence-corrected chi connectivity index (χ0v) is 12.7. The van der Waals surface area contributed by atoms with Crippen molar-refractivity contribution in [1.82, 2.24) is 0 Å². The quantitative estimate of drug-likeness (QED) is 0.742. The van der Waals surface area contributed by atoms with E-state index in [4.69, 9.17) is 0 Å². The van der Waals surface area contributed by atoms with E-state index < -0.39 is 17.8 Å². The van der Waals surface area contributed by atoms with E-state index in [9.17, 15) is 19.5 Å². The van der Waals surface area contributed by atoms with Crippen molar-refractivity contribution in [2.45, 2.75) is 13.3 Å². The highest BCUT2D eigenvalue weighted by atomic mass is 16.4. The van der Waals surface area contributed by atoms with Crippen molar-refractivity contribution < 1.29 is 19.5 Å². The van der Waals surface area contributed by atoms with Gasteiger partial charge >= 0.3 is 5.97 Å². The number of anilines is 2. The molecule has 0 spiro atoms. The van der Waals surface area contributed by atoms with Crippen LogP contribution in [-0.2, 0) is 14.4 Å². The van der Waals surface area contributed by atoms with Crippen molar-refractivity contribution in [3.05, 3.63) is 36.4 Å². The molecule has 0 aromatic heterocycles. The highest BCUT2D eigenvalue weighted by Gasteiger charge is 2.51. The molecule has 0 unspecified atom stereocenters. The Morgan fingerprint density at radius 2 is 1.65 bits per heavy atom. The first kappa shape index (κ1) is 15.3. The second-order valence-corrected chi connectivity index (χ2v) is 6.09. The molecular formula is C17H18N2O4. The molecule has 23 heavy (non-hydrogen) atoms. The van der Waals surface area contributed by atoms with Gasteiger partial charge in [-0.1, -0.05) is 18.2 Å². The summed E-state index contributed by atoms with van der Waals surface area (Å²) in [7, 11) is 0. The van der Waals surface area contributed by atoms with Crippen molar-refractivity contribution >= 4 is 29.2 Å². The van der Waals surface area contributed by atoms with E-state index in [0.29, 0.717) is 11.4 Å². The smallest absolute Gasteiger partial charge is 0.307 e. The van der Waals surface area contributed by atoms with Gasteiger partial charge in [-0.15, -0.1) is 0 Å². The van der Waals surface area contributed by atoms with Gasteiger partial charge in [-0.25, -0.2) is 0 Å². The fourth-order valence-corrected chi connectivity index (χ4v) is 3.62. The molecule has 2 aliphatic carbocycles. The van der Waals surface area contributed by atoms with Gasteiger partial charge in [-0.2, -0.15) is 0 Å². The van der Waals surface area contributed by atoms with Gasteiger partial charge < -0.3 is 15.7 Å². The Balaban J connectivity index is 1.75. The molecule has 0 heterocycles. The Hall–Kier alpha value is -2.63.